The molecule has 1 aromatic carbocycles. The van der Waals surface area contributed by atoms with Crippen LogP contribution in [0.25, 0.3) is 0 Å². The molecule has 0 fully saturated rings. The van der Waals surface area contributed by atoms with E-state index in [0.29, 0.717) is 0 Å². The zero-order chi connectivity index (χ0) is 16.9. The lowest BCUT2D eigenvalue weighted by Gasteiger charge is -2.12. The zero-order valence-electron chi connectivity index (χ0n) is 9.33. The van der Waals surface area contributed by atoms with Crippen molar-refractivity contribution in [3.05, 3.63) is 23.2 Å². The molecule has 0 unspecified atom stereocenters. The van der Waals surface area contributed by atoms with Gasteiger partial charge in [0.2, 0.25) is 0 Å². The summed E-state index contributed by atoms with van der Waals surface area (Å²) >= 11 is 5.20. The summed E-state index contributed by atoms with van der Waals surface area (Å²) in [6.07, 6.45) is 0. The predicted octanol–water partition coefficient (Wildman–Crippen LogP) is 2.93. The second kappa shape index (κ2) is 5.02. The van der Waals surface area contributed by atoms with Crippen LogP contribution >= 0.6 is 11.6 Å². The summed E-state index contributed by atoms with van der Waals surface area (Å²) in [4.78, 5) is -3.41. The monoisotopic (exact) mass is 376 g/mol. The third kappa shape index (κ3) is 3.26. The summed E-state index contributed by atoms with van der Waals surface area (Å²) in [5, 5.41) is -0.914. The molecule has 0 aliphatic heterocycles. The second-order valence-electron chi connectivity index (χ2n) is 3.52. The third-order valence-corrected chi connectivity index (χ3v) is 5.22. The van der Waals surface area contributed by atoms with Crippen LogP contribution in [0.3, 0.4) is 0 Å². The van der Waals surface area contributed by atoms with Gasteiger partial charge in [-0.25, -0.2) is 16.8 Å². The molecule has 0 aliphatic carbocycles. The van der Waals surface area contributed by atoms with E-state index >= 15 is 0 Å². The highest BCUT2D eigenvalue weighted by molar-refractivity contribution is 7.93. The maximum Gasteiger partial charge on any atom is 0.501 e. The van der Waals surface area contributed by atoms with E-state index in [1.807, 2.05) is 0 Å². The molecule has 21 heavy (non-hydrogen) atoms. The molecule has 1 aromatic rings. The fraction of sp³-hybridized carbons (Fsp3) is 0.250. The molecule has 0 heterocycles. The Labute approximate surface area is 119 Å². The van der Waals surface area contributed by atoms with Crippen LogP contribution in [0.5, 0.6) is 0 Å². The molecule has 0 saturated carbocycles. The zero-order valence-corrected chi connectivity index (χ0v) is 11.7. The van der Waals surface area contributed by atoms with Crippen molar-refractivity contribution in [1.29, 1.82) is 0 Å². The highest BCUT2D eigenvalue weighted by Gasteiger charge is 2.50. The molecular formula is C8H3ClF6O4S2. The number of halogens is 7. The van der Waals surface area contributed by atoms with E-state index in [1.54, 1.807) is 0 Å². The molecule has 0 radical (unpaired) electrons. The van der Waals surface area contributed by atoms with Crippen LogP contribution in [-0.4, -0.2) is 27.9 Å². The number of benzene rings is 1. The number of rotatable bonds is 2. The smallest absolute Gasteiger partial charge is 0.214 e. The SMILES string of the molecule is O=S(=O)(c1cc(Cl)cc(S(=O)(=O)C(F)(F)F)c1)C(F)(F)F. The summed E-state index contributed by atoms with van der Waals surface area (Å²) in [6.45, 7) is 0. The largest absolute Gasteiger partial charge is 0.501 e. The first-order valence-electron chi connectivity index (χ1n) is 4.54. The van der Waals surface area contributed by atoms with Gasteiger partial charge in [-0.2, -0.15) is 26.3 Å². The highest BCUT2D eigenvalue weighted by atomic mass is 35.5. The van der Waals surface area contributed by atoms with Gasteiger partial charge in [-0.1, -0.05) is 11.6 Å². The fourth-order valence-electron chi connectivity index (χ4n) is 1.11. The Hall–Kier alpha value is -1.01. The van der Waals surface area contributed by atoms with Crippen molar-refractivity contribution in [2.45, 2.75) is 20.8 Å². The topological polar surface area (TPSA) is 68.3 Å². The Kier molecular flexibility index (Phi) is 4.31. The number of hydrogen-bond acceptors (Lipinski definition) is 4. The minimum Gasteiger partial charge on any atom is -0.214 e. The van der Waals surface area contributed by atoms with Gasteiger partial charge in [0, 0.05) is 5.02 Å². The summed E-state index contributed by atoms with van der Waals surface area (Å²) in [6, 6.07) is 0.136. The molecule has 0 aromatic heterocycles. The Bertz CT molecular complexity index is 701. The Morgan fingerprint density at radius 1 is 0.714 bits per heavy atom. The molecule has 0 amide bonds. The van der Waals surface area contributed by atoms with Crippen molar-refractivity contribution in [1.82, 2.24) is 0 Å². The lowest BCUT2D eigenvalue weighted by molar-refractivity contribution is -0.0438. The van der Waals surface area contributed by atoms with Gasteiger partial charge < -0.3 is 0 Å². The van der Waals surface area contributed by atoms with Crippen molar-refractivity contribution in [3.8, 4) is 0 Å². The van der Waals surface area contributed by atoms with Crippen molar-refractivity contribution in [2.75, 3.05) is 0 Å². The quantitative estimate of drug-likeness (QED) is 0.744. The number of hydrogen-bond donors (Lipinski definition) is 0. The first-order chi connectivity index (χ1) is 9.10. The maximum atomic E-state index is 12.3. The van der Waals surface area contributed by atoms with E-state index in [4.69, 9.17) is 11.6 Å². The van der Waals surface area contributed by atoms with Gasteiger partial charge in [-0.3, -0.25) is 0 Å². The Balaban J connectivity index is 3.67. The highest BCUT2D eigenvalue weighted by Crippen LogP contribution is 2.36. The molecule has 0 spiro atoms. The summed E-state index contributed by atoms with van der Waals surface area (Å²) in [5.74, 6) is 0. The van der Waals surface area contributed by atoms with Crippen LogP contribution in [0, 0.1) is 0 Å². The van der Waals surface area contributed by atoms with Crippen LogP contribution in [0.4, 0.5) is 26.3 Å². The van der Waals surface area contributed by atoms with Crippen molar-refractivity contribution in [3.63, 3.8) is 0 Å². The van der Waals surface area contributed by atoms with E-state index in [0.717, 1.165) is 0 Å². The molecule has 0 bridgehead atoms. The van der Waals surface area contributed by atoms with E-state index < -0.39 is 45.5 Å². The molecule has 0 aliphatic rings. The van der Waals surface area contributed by atoms with Crippen LogP contribution < -0.4 is 0 Å². The van der Waals surface area contributed by atoms with Crippen LogP contribution in [0.15, 0.2) is 28.0 Å². The summed E-state index contributed by atoms with van der Waals surface area (Å²) in [7, 11) is -12.1. The Morgan fingerprint density at radius 3 is 1.24 bits per heavy atom. The number of sulfone groups is 2. The molecule has 0 N–H and O–H groups in total. The van der Waals surface area contributed by atoms with Gasteiger partial charge in [-0.15, -0.1) is 0 Å². The van der Waals surface area contributed by atoms with Gasteiger partial charge in [0.25, 0.3) is 19.7 Å². The molecular weight excluding hydrogens is 374 g/mol. The van der Waals surface area contributed by atoms with E-state index in [-0.39, 0.29) is 18.2 Å². The average molecular weight is 377 g/mol. The van der Waals surface area contributed by atoms with Crippen LogP contribution in [-0.2, 0) is 19.7 Å². The predicted molar refractivity (Wildman–Crippen MR) is 57.9 cm³/mol. The molecule has 4 nitrogen and oxygen atoms in total. The van der Waals surface area contributed by atoms with E-state index in [9.17, 15) is 43.2 Å². The van der Waals surface area contributed by atoms with Crippen LogP contribution in [0.2, 0.25) is 5.02 Å². The van der Waals surface area contributed by atoms with Crippen molar-refractivity contribution in [2.24, 2.45) is 0 Å². The molecule has 0 atom stereocenters. The minimum absolute atomic E-state index is 0.194. The minimum atomic E-state index is -6.04. The molecule has 1 rings (SSSR count). The first-order valence-corrected chi connectivity index (χ1v) is 7.88. The molecule has 13 heteroatoms. The van der Waals surface area contributed by atoms with Crippen molar-refractivity contribution >= 4 is 31.3 Å². The fourth-order valence-corrected chi connectivity index (χ4v) is 3.22. The average Bonchev–Trinajstić information content (AvgIpc) is 2.24. The lowest BCUT2D eigenvalue weighted by Crippen LogP contribution is -2.25. The third-order valence-electron chi connectivity index (χ3n) is 2.07. The van der Waals surface area contributed by atoms with E-state index in [2.05, 4.69) is 0 Å². The second-order valence-corrected chi connectivity index (χ2v) is 7.84. The van der Waals surface area contributed by atoms with Gasteiger partial charge >= 0.3 is 11.0 Å². The standard InChI is InChI=1S/C8H3ClF6O4S2/c9-4-1-5(20(16,17)7(10,11)12)3-6(2-4)21(18,19)8(13,14)15/h1-3H. The van der Waals surface area contributed by atoms with Gasteiger partial charge in [-0.05, 0) is 18.2 Å². The lowest BCUT2D eigenvalue weighted by atomic mass is 10.4. The maximum absolute atomic E-state index is 12.3. The van der Waals surface area contributed by atoms with Gasteiger partial charge in [0.1, 0.15) is 0 Å². The summed E-state index contributed by atoms with van der Waals surface area (Å²) < 4.78 is 118. The molecule has 120 valence electrons. The number of alkyl halides is 6. The van der Waals surface area contributed by atoms with Crippen LogP contribution in [0.1, 0.15) is 0 Å². The molecule has 0 saturated heterocycles. The van der Waals surface area contributed by atoms with Gasteiger partial charge in [0.15, 0.2) is 0 Å². The summed E-state index contributed by atoms with van der Waals surface area (Å²) in [5.41, 5.74) is -11.6. The Morgan fingerprint density at radius 2 is 1.00 bits per heavy atom. The van der Waals surface area contributed by atoms with Gasteiger partial charge in [0.05, 0.1) is 9.79 Å². The normalized spacial score (nSPS) is 14.2. The van der Waals surface area contributed by atoms with Crippen molar-refractivity contribution < 1.29 is 43.2 Å². The first kappa shape index (κ1) is 18.0. The van der Waals surface area contributed by atoms with E-state index in [1.165, 1.54) is 0 Å².